The van der Waals surface area contributed by atoms with Crippen molar-refractivity contribution in [2.24, 2.45) is 4.99 Å². The number of rotatable bonds is 8. The van der Waals surface area contributed by atoms with Crippen LogP contribution >= 0.6 is 24.0 Å². The molecule has 0 amide bonds. The topological polar surface area (TPSA) is 92.5 Å². The van der Waals surface area contributed by atoms with Crippen LogP contribution in [-0.2, 0) is 13.0 Å². The summed E-state index contributed by atoms with van der Waals surface area (Å²) in [6.07, 6.45) is 3.60. The molecule has 0 aliphatic rings. The molecule has 0 radical (unpaired) electrons. The van der Waals surface area contributed by atoms with Gasteiger partial charge in [-0.05, 0) is 24.1 Å². The number of hydrogen-bond acceptors (Lipinski definition) is 4. The number of pyridine rings is 1. The average molecular weight is 469 g/mol. The van der Waals surface area contributed by atoms with Gasteiger partial charge in [0, 0.05) is 43.5 Å². The molecule has 1 heterocycles. The Morgan fingerprint density at radius 2 is 1.88 bits per heavy atom. The van der Waals surface area contributed by atoms with Gasteiger partial charge >= 0.3 is 0 Å². The molecule has 0 atom stereocenters. The van der Waals surface area contributed by atoms with E-state index < -0.39 is 4.92 Å². The van der Waals surface area contributed by atoms with Gasteiger partial charge in [-0.3, -0.25) is 15.1 Å². The molecule has 2 rings (SSSR count). The van der Waals surface area contributed by atoms with E-state index in [-0.39, 0.29) is 29.7 Å². The van der Waals surface area contributed by atoms with Gasteiger partial charge in [0.25, 0.3) is 5.69 Å². The molecule has 0 unspecified atom stereocenters. The fourth-order valence-corrected chi connectivity index (χ4v) is 2.17. The molecule has 0 fully saturated rings. The van der Waals surface area contributed by atoms with Crippen molar-refractivity contribution in [2.75, 3.05) is 13.1 Å². The van der Waals surface area contributed by atoms with Gasteiger partial charge in [0.05, 0.1) is 11.5 Å². The Labute approximate surface area is 170 Å². The minimum atomic E-state index is -0.402. The van der Waals surface area contributed by atoms with Crippen LogP contribution in [0, 0.1) is 10.1 Å². The van der Waals surface area contributed by atoms with E-state index in [0.717, 1.165) is 43.1 Å². The van der Waals surface area contributed by atoms with Crippen molar-refractivity contribution in [1.82, 2.24) is 15.6 Å². The van der Waals surface area contributed by atoms with E-state index in [1.54, 1.807) is 18.3 Å². The Balaban J connectivity index is 0.00000338. The highest BCUT2D eigenvalue weighted by Gasteiger charge is 2.04. The third kappa shape index (κ3) is 7.77. The summed E-state index contributed by atoms with van der Waals surface area (Å²) in [4.78, 5) is 19.1. The summed E-state index contributed by atoms with van der Waals surface area (Å²) in [6.45, 7) is 4.11. The molecule has 1 aromatic carbocycles. The van der Waals surface area contributed by atoms with Gasteiger partial charge in [-0.15, -0.1) is 24.0 Å². The third-order valence-electron chi connectivity index (χ3n) is 3.51. The number of nitro benzene ring substituents is 1. The van der Waals surface area contributed by atoms with Crippen LogP contribution in [0.2, 0.25) is 0 Å². The highest BCUT2D eigenvalue weighted by atomic mass is 127. The summed E-state index contributed by atoms with van der Waals surface area (Å²) >= 11 is 0. The lowest BCUT2D eigenvalue weighted by Gasteiger charge is -2.12. The zero-order chi connectivity index (χ0) is 17.9. The Hall–Kier alpha value is -2.23. The molecule has 0 aliphatic carbocycles. The number of non-ortho nitro benzene ring substituents is 1. The maximum atomic E-state index is 10.7. The smallest absolute Gasteiger partial charge is 0.269 e. The van der Waals surface area contributed by atoms with E-state index in [2.05, 4.69) is 27.5 Å². The van der Waals surface area contributed by atoms with E-state index >= 15 is 0 Å². The van der Waals surface area contributed by atoms with Crippen molar-refractivity contribution in [3.63, 3.8) is 0 Å². The lowest BCUT2D eigenvalue weighted by Crippen LogP contribution is -2.38. The molecule has 0 spiro atoms. The van der Waals surface area contributed by atoms with Gasteiger partial charge < -0.3 is 10.6 Å². The highest BCUT2D eigenvalue weighted by Crippen LogP contribution is 2.12. The molecule has 0 saturated heterocycles. The summed E-state index contributed by atoms with van der Waals surface area (Å²) in [5.74, 6) is 0.733. The number of guanidine groups is 1. The number of nitrogens with one attached hydrogen (secondary N) is 2. The number of nitrogens with zero attached hydrogens (tertiary/aromatic N) is 3. The second-order valence-electron chi connectivity index (χ2n) is 5.51. The highest BCUT2D eigenvalue weighted by molar-refractivity contribution is 14.0. The number of halogens is 1. The van der Waals surface area contributed by atoms with Gasteiger partial charge in [0.15, 0.2) is 5.96 Å². The van der Waals surface area contributed by atoms with Crippen molar-refractivity contribution in [2.45, 2.75) is 26.3 Å². The molecule has 0 bridgehead atoms. The predicted molar refractivity (Wildman–Crippen MR) is 114 cm³/mol. The van der Waals surface area contributed by atoms with E-state index in [1.807, 2.05) is 18.2 Å². The number of aromatic nitrogens is 1. The Morgan fingerprint density at radius 1 is 1.15 bits per heavy atom. The predicted octanol–water partition coefficient (Wildman–Crippen LogP) is 3.30. The van der Waals surface area contributed by atoms with Crippen LogP contribution in [-0.4, -0.2) is 29.0 Å². The first-order valence-corrected chi connectivity index (χ1v) is 8.34. The molecular weight excluding hydrogens is 445 g/mol. The van der Waals surface area contributed by atoms with E-state index in [1.165, 1.54) is 12.1 Å². The van der Waals surface area contributed by atoms with E-state index in [4.69, 9.17) is 0 Å². The quantitative estimate of drug-likeness (QED) is 0.204. The molecule has 140 valence electrons. The minimum absolute atomic E-state index is 0. The lowest BCUT2D eigenvalue weighted by molar-refractivity contribution is -0.384. The van der Waals surface area contributed by atoms with Crippen molar-refractivity contribution in [3.8, 4) is 0 Å². The molecule has 1 aromatic heterocycles. The molecule has 8 heteroatoms. The Kier molecular flexibility index (Phi) is 10.2. The summed E-state index contributed by atoms with van der Waals surface area (Å²) in [6, 6.07) is 12.3. The van der Waals surface area contributed by atoms with Crippen molar-refractivity contribution < 1.29 is 4.92 Å². The second kappa shape index (κ2) is 12.2. The normalized spacial score (nSPS) is 10.7. The fraction of sp³-hybridized carbons (Fsp3) is 0.333. The number of aliphatic imine (C=N–C) groups is 1. The lowest BCUT2D eigenvalue weighted by atomic mass is 10.2. The van der Waals surface area contributed by atoms with Crippen molar-refractivity contribution >= 4 is 35.6 Å². The van der Waals surface area contributed by atoms with Crippen LogP contribution in [0.25, 0.3) is 0 Å². The molecule has 2 aromatic rings. The first-order chi connectivity index (χ1) is 12.2. The summed E-state index contributed by atoms with van der Waals surface area (Å²) in [7, 11) is 0. The van der Waals surface area contributed by atoms with E-state index in [0.29, 0.717) is 6.54 Å². The largest absolute Gasteiger partial charge is 0.356 e. The monoisotopic (exact) mass is 469 g/mol. The Morgan fingerprint density at radius 3 is 2.50 bits per heavy atom. The average Bonchev–Trinajstić information content (AvgIpc) is 2.64. The molecule has 0 saturated carbocycles. The molecular formula is C18H24IN5O2. The first-order valence-electron chi connectivity index (χ1n) is 8.34. The fourth-order valence-electron chi connectivity index (χ4n) is 2.17. The third-order valence-corrected chi connectivity index (χ3v) is 3.51. The Bertz CT molecular complexity index is 692. The number of benzene rings is 1. The standard InChI is InChI=1S/C18H23N5O2.HI/c1-2-11-20-18(21-13-10-16-5-3-4-12-19-16)22-14-15-6-8-17(9-7-15)23(24)25;/h3-9,12H,2,10-11,13-14H2,1H3,(H2,20,21,22);1H. The molecule has 2 N–H and O–H groups in total. The van der Waals surface area contributed by atoms with Crippen LogP contribution in [0.4, 0.5) is 5.69 Å². The summed E-state index contributed by atoms with van der Waals surface area (Å²) < 4.78 is 0. The number of nitro groups is 1. The van der Waals surface area contributed by atoms with Gasteiger partial charge in [-0.2, -0.15) is 0 Å². The van der Waals surface area contributed by atoms with Crippen LogP contribution in [0.15, 0.2) is 53.7 Å². The second-order valence-corrected chi connectivity index (χ2v) is 5.51. The molecule has 0 aliphatic heterocycles. The molecule has 7 nitrogen and oxygen atoms in total. The maximum Gasteiger partial charge on any atom is 0.269 e. The van der Waals surface area contributed by atoms with Gasteiger partial charge in [-0.1, -0.05) is 25.1 Å². The number of hydrogen-bond donors (Lipinski definition) is 2. The van der Waals surface area contributed by atoms with Crippen LogP contribution in [0.1, 0.15) is 24.6 Å². The molecule has 26 heavy (non-hydrogen) atoms. The zero-order valence-corrected chi connectivity index (χ0v) is 17.1. The first kappa shape index (κ1) is 21.8. The van der Waals surface area contributed by atoms with Crippen LogP contribution in [0.5, 0.6) is 0 Å². The van der Waals surface area contributed by atoms with Gasteiger partial charge in [0.1, 0.15) is 0 Å². The van der Waals surface area contributed by atoms with Crippen LogP contribution in [0.3, 0.4) is 0 Å². The van der Waals surface area contributed by atoms with Crippen molar-refractivity contribution in [1.29, 1.82) is 0 Å². The summed E-state index contributed by atoms with van der Waals surface area (Å²) in [5.41, 5.74) is 2.04. The maximum absolute atomic E-state index is 10.7. The SMILES string of the molecule is CCCNC(=NCc1ccc([N+](=O)[O-])cc1)NCCc1ccccn1.I. The van der Waals surface area contributed by atoms with Crippen LogP contribution < -0.4 is 10.6 Å². The van der Waals surface area contributed by atoms with Gasteiger partial charge in [-0.25, -0.2) is 4.99 Å². The minimum Gasteiger partial charge on any atom is -0.356 e. The van der Waals surface area contributed by atoms with Crippen molar-refractivity contribution in [3.05, 3.63) is 70.0 Å². The van der Waals surface area contributed by atoms with E-state index in [9.17, 15) is 10.1 Å². The van der Waals surface area contributed by atoms with Gasteiger partial charge in [0.2, 0.25) is 0 Å². The summed E-state index contributed by atoms with van der Waals surface area (Å²) in [5, 5.41) is 17.2. The zero-order valence-electron chi connectivity index (χ0n) is 14.7.